The third kappa shape index (κ3) is 12.0. The van der Waals surface area contributed by atoms with Crippen LogP contribution in [0.25, 0.3) is 11.0 Å². The number of hydrogen-bond donors (Lipinski definition) is 5. The maximum absolute atomic E-state index is 12.4. The van der Waals surface area contributed by atoms with Gasteiger partial charge in [-0.15, -0.1) is 0 Å². The molecule has 0 aliphatic carbocycles. The highest BCUT2D eigenvalue weighted by atomic mass is 35.5. The highest BCUT2D eigenvalue weighted by Gasteiger charge is 2.25. The Labute approximate surface area is 342 Å². The fraction of sp³-hybridized carbons (Fsp3) is 0.146. The summed E-state index contributed by atoms with van der Waals surface area (Å²) in [4.78, 5) is 51.3. The number of benzene rings is 4. The first kappa shape index (κ1) is 43.3. The standard InChI is InChI=1S/C19H16O4.C13H7Cl4NO2.C9H13N3O/c1-12(20)11-15(13-7-3-2-4-8-13)17-18(21)14-9-5-6-10-16(14)23-19(17)22;14-6-3-8(12(19)11(17)4-6)13(20)18-7-1-2-9(15)10(16)5-7;1-7(2)11-12-9(13)8-3-5-10-6-4-8/h2-10,15,21H,11H2,1H3;1-5,19H,(H,18,20);3-7,11H,1-2H3,(H,12,13). The number of phenols is 1. The van der Waals surface area contributed by atoms with Gasteiger partial charge in [-0.3, -0.25) is 24.8 Å². The second kappa shape index (κ2) is 20.5. The molecule has 5 N–H and O–H groups in total. The lowest BCUT2D eigenvalue weighted by Crippen LogP contribution is -2.41. The van der Waals surface area contributed by atoms with Crippen molar-refractivity contribution < 1.29 is 29.0 Å². The molecule has 0 aliphatic rings. The average molecular weight is 839 g/mol. The van der Waals surface area contributed by atoms with E-state index in [1.165, 1.54) is 25.1 Å². The van der Waals surface area contributed by atoms with Crippen molar-refractivity contribution in [1.82, 2.24) is 15.8 Å². The number of phenolic OH excluding ortho intramolecular Hbond substituents is 1. The van der Waals surface area contributed by atoms with Crippen LogP contribution in [0.4, 0.5) is 5.69 Å². The highest BCUT2D eigenvalue weighted by Crippen LogP contribution is 2.36. The predicted molar refractivity (Wildman–Crippen MR) is 220 cm³/mol. The zero-order valence-electron chi connectivity index (χ0n) is 30.1. The number of ketones is 1. The van der Waals surface area contributed by atoms with E-state index in [0.717, 1.165) is 5.56 Å². The number of fused-ring (bicyclic) bond motifs is 1. The highest BCUT2D eigenvalue weighted by molar-refractivity contribution is 6.42. The molecule has 11 nitrogen and oxygen atoms in total. The molecular formula is C41H36Cl4N4O7. The number of aromatic nitrogens is 1. The van der Waals surface area contributed by atoms with E-state index >= 15 is 0 Å². The number of para-hydroxylation sites is 1. The number of hydrazine groups is 1. The lowest BCUT2D eigenvalue weighted by Gasteiger charge is -2.17. The number of rotatable bonds is 9. The van der Waals surface area contributed by atoms with Crippen molar-refractivity contribution in [3.05, 3.63) is 162 Å². The summed E-state index contributed by atoms with van der Waals surface area (Å²) in [5.74, 6) is -1.76. The monoisotopic (exact) mass is 836 g/mol. The summed E-state index contributed by atoms with van der Waals surface area (Å²) < 4.78 is 5.33. The summed E-state index contributed by atoms with van der Waals surface area (Å²) in [6.07, 6.45) is 3.30. The van der Waals surface area contributed by atoms with Gasteiger partial charge in [0.05, 0.1) is 31.6 Å². The summed E-state index contributed by atoms with van der Waals surface area (Å²) in [6, 6.07) is 26.8. The van der Waals surface area contributed by atoms with Crippen molar-refractivity contribution in [3.63, 3.8) is 0 Å². The first-order valence-corrected chi connectivity index (χ1v) is 18.4. The summed E-state index contributed by atoms with van der Waals surface area (Å²) in [5, 5.41) is 24.3. The number of nitrogens with one attached hydrogen (secondary N) is 3. The topological polar surface area (TPSA) is 171 Å². The molecule has 0 spiro atoms. The smallest absolute Gasteiger partial charge is 0.343 e. The van der Waals surface area contributed by atoms with Crippen LogP contribution in [0.15, 0.2) is 119 Å². The summed E-state index contributed by atoms with van der Waals surface area (Å²) in [6.45, 7) is 5.37. The third-order valence-electron chi connectivity index (χ3n) is 7.73. The Bertz CT molecular complexity index is 2380. The van der Waals surface area contributed by atoms with E-state index in [9.17, 15) is 29.4 Å². The molecule has 15 heteroatoms. The van der Waals surface area contributed by atoms with Crippen LogP contribution in [-0.2, 0) is 4.79 Å². The number of pyridine rings is 1. The van der Waals surface area contributed by atoms with E-state index < -0.39 is 17.5 Å². The van der Waals surface area contributed by atoms with E-state index in [1.807, 2.05) is 44.2 Å². The molecule has 0 saturated heterocycles. The van der Waals surface area contributed by atoms with Crippen LogP contribution in [-0.4, -0.2) is 38.8 Å². The van der Waals surface area contributed by atoms with Crippen LogP contribution in [0.3, 0.4) is 0 Å². The van der Waals surface area contributed by atoms with Gasteiger partial charge in [0.2, 0.25) is 0 Å². The van der Waals surface area contributed by atoms with Gasteiger partial charge in [0.1, 0.15) is 22.9 Å². The zero-order valence-corrected chi connectivity index (χ0v) is 33.2. The Balaban J connectivity index is 0.000000194. The number of nitrogens with zero attached hydrogens (tertiary/aromatic N) is 1. The molecule has 2 amide bonds. The lowest BCUT2D eigenvalue weighted by atomic mass is 9.87. The van der Waals surface area contributed by atoms with E-state index in [4.69, 9.17) is 50.8 Å². The molecule has 56 heavy (non-hydrogen) atoms. The summed E-state index contributed by atoms with van der Waals surface area (Å²) in [5.41, 5.74) is 7.04. The van der Waals surface area contributed by atoms with Gasteiger partial charge in [-0.2, -0.15) is 0 Å². The average Bonchev–Trinajstić information content (AvgIpc) is 3.17. The minimum Gasteiger partial charge on any atom is -0.507 e. The summed E-state index contributed by atoms with van der Waals surface area (Å²) in [7, 11) is 0. The number of carbonyl (C=O) groups excluding carboxylic acids is 3. The molecule has 6 aromatic rings. The number of hydrogen-bond acceptors (Lipinski definition) is 9. The molecule has 0 saturated carbocycles. The van der Waals surface area contributed by atoms with Crippen LogP contribution in [0, 0.1) is 0 Å². The molecular weight excluding hydrogens is 802 g/mol. The number of carbonyl (C=O) groups is 3. The first-order valence-electron chi connectivity index (χ1n) is 16.9. The number of Topliss-reactive ketones (excluding diaryl/α,β-unsaturated/α-hetero) is 1. The first-order chi connectivity index (χ1) is 26.7. The molecule has 1 atom stereocenters. The van der Waals surface area contributed by atoms with E-state index in [0.29, 0.717) is 32.3 Å². The Morgan fingerprint density at radius 1 is 0.768 bits per heavy atom. The maximum atomic E-state index is 12.4. The van der Waals surface area contributed by atoms with Crippen molar-refractivity contribution in [3.8, 4) is 11.5 Å². The van der Waals surface area contributed by atoms with Crippen LogP contribution in [0.5, 0.6) is 11.5 Å². The minimum atomic E-state index is -0.615. The van der Waals surface area contributed by atoms with Crippen LogP contribution < -0.4 is 21.8 Å². The Kier molecular flexibility index (Phi) is 15.8. The Hall–Kier alpha value is -5.43. The van der Waals surface area contributed by atoms with Gasteiger partial charge < -0.3 is 19.9 Å². The predicted octanol–water partition coefficient (Wildman–Crippen LogP) is 9.59. The second-order valence-electron chi connectivity index (χ2n) is 12.4. The molecule has 0 bridgehead atoms. The Morgan fingerprint density at radius 2 is 1.43 bits per heavy atom. The van der Waals surface area contributed by atoms with Crippen LogP contribution in [0.1, 0.15) is 65.0 Å². The van der Waals surface area contributed by atoms with E-state index in [-0.39, 0.29) is 56.8 Å². The van der Waals surface area contributed by atoms with Crippen molar-refractivity contribution in [2.45, 2.75) is 39.2 Å². The minimum absolute atomic E-state index is 0.00297. The largest absolute Gasteiger partial charge is 0.507 e. The van der Waals surface area contributed by atoms with Gasteiger partial charge in [0.25, 0.3) is 11.8 Å². The van der Waals surface area contributed by atoms with Gasteiger partial charge in [-0.1, -0.05) is 88.9 Å². The molecule has 2 aromatic heterocycles. The Morgan fingerprint density at radius 3 is 2.07 bits per heavy atom. The molecule has 290 valence electrons. The number of aromatic hydroxyl groups is 2. The molecule has 6 rings (SSSR count). The van der Waals surface area contributed by atoms with Gasteiger partial charge in [-0.25, -0.2) is 10.2 Å². The molecule has 0 radical (unpaired) electrons. The SMILES string of the molecule is CC(=O)CC(c1ccccc1)c1c(O)c2ccccc2oc1=O.CC(C)NNC(=O)c1ccncc1.O=C(Nc1ccc(Cl)c(Cl)c1)c1cc(Cl)cc(Cl)c1O. The van der Waals surface area contributed by atoms with Crippen molar-refractivity contribution in [2.75, 3.05) is 5.32 Å². The molecule has 0 aliphatic heterocycles. The molecule has 4 aromatic carbocycles. The molecule has 0 fully saturated rings. The number of halogens is 4. The summed E-state index contributed by atoms with van der Waals surface area (Å²) >= 11 is 23.2. The van der Waals surface area contributed by atoms with Gasteiger partial charge in [0, 0.05) is 47.0 Å². The van der Waals surface area contributed by atoms with Crippen LogP contribution in [0.2, 0.25) is 20.1 Å². The quantitative estimate of drug-likeness (QED) is 0.0703. The normalized spacial score (nSPS) is 11.1. The van der Waals surface area contributed by atoms with Crippen molar-refractivity contribution in [1.29, 1.82) is 0 Å². The molecule has 1 unspecified atom stereocenters. The third-order valence-corrected chi connectivity index (χ3v) is 8.97. The number of anilines is 1. The second-order valence-corrected chi connectivity index (χ2v) is 14.0. The van der Waals surface area contributed by atoms with E-state index in [2.05, 4.69) is 21.2 Å². The fourth-order valence-electron chi connectivity index (χ4n) is 5.11. The van der Waals surface area contributed by atoms with Crippen molar-refractivity contribution >= 4 is 80.7 Å². The molecule has 2 heterocycles. The van der Waals surface area contributed by atoms with Gasteiger partial charge >= 0.3 is 5.63 Å². The van der Waals surface area contributed by atoms with Crippen molar-refractivity contribution in [2.24, 2.45) is 0 Å². The van der Waals surface area contributed by atoms with E-state index in [1.54, 1.807) is 60.9 Å². The zero-order chi connectivity index (χ0) is 40.9. The number of amides is 2. The van der Waals surface area contributed by atoms with Gasteiger partial charge in [-0.05, 0) is 80.9 Å². The lowest BCUT2D eigenvalue weighted by molar-refractivity contribution is -0.117. The fourth-order valence-corrected chi connectivity index (χ4v) is 5.90. The van der Waals surface area contributed by atoms with Gasteiger partial charge in [0.15, 0.2) is 0 Å². The van der Waals surface area contributed by atoms with Crippen LogP contribution >= 0.6 is 46.4 Å². The maximum Gasteiger partial charge on any atom is 0.343 e.